The number of carbonyl (C=O) groups is 4. The minimum Gasteiger partial charge on any atom is -0.344 e. The van der Waals surface area contributed by atoms with Crippen LogP contribution in [0.4, 0.5) is 0 Å². The molecule has 216 valence electrons. The Kier molecular flexibility index (Phi) is 9.94. The van der Waals surface area contributed by atoms with Gasteiger partial charge in [0.25, 0.3) is 5.91 Å². The van der Waals surface area contributed by atoms with Crippen molar-refractivity contribution in [1.82, 2.24) is 35.7 Å². The fourth-order valence-electron chi connectivity index (χ4n) is 4.96. The van der Waals surface area contributed by atoms with E-state index < -0.39 is 24.0 Å². The molecule has 0 saturated carbocycles. The summed E-state index contributed by atoms with van der Waals surface area (Å²) in [6, 6.07) is 14.6. The zero-order valence-corrected chi connectivity index (χ0v) is 23.7. The Balaban J connectivity index is 1.37. The number of rotatable bonds is 11. The van der Waals surface area contributed by atoms with Crippen molar-refractivity contribution in [1.29, 1.82) is 0 Å². The van der Waals surface area contributed by atoms with Crippen LogP contribution in [0.2, 0.25) is 0 Å². The quantitative estimate of drug-likeness (QED) is 0.367. The molecule has 3 amide bonds. The second-order valence-electron chi connectivity index (χ2n) is 10.4. The number of likely N-dealkylation sites (tertiary alicyclic amines) is 1. The monoisotopic (exact) mass is 559 g/mol. The summed E-state index contributed by atoms with van der Waals surface area (Å²) in [6.45, 7) is 5.66. The highest BCUT2D eigenvalue weighted by molar-refractivity contribution is 5.99. The van der Waals surface area contributed by atoms with Crippen LogP contribution in [0, 0.1) is 6.92 Å². The summed E-state index contributed by atoms with van der Waals surface area (Å²) in [5.74, 6) is -0.736. The van der Waals surface area contributed by atoms with Crippen molar-refractivity contribution in [2.75, 3.05) is 6.54 Å². The van der Waals surface area contributed by atoms with Gasteiger partial charge in [0.05, 0.1) is 6.04 Å². The maximum Gasteiger partial charge on any atom is 0.251 e. The number of tetrazole rings is 1. The van der Waals surface area contributed by atoms with Gasteiger partial charge in [0.2, 0.25) is 11.8 Å². The zero-order valence-electron chi connectivity index (χ0n) is 23.7. The fraction of sp³-hybridized carbons (Fsp3) is 0.433. The lowest BCUT2D eigenvalue weighted by atomic mass is 10.1. The maximum atomic E-state index is 13.5. The highest BCUT2D eigenvalue weighted by Gasteiger charge is 2.35. The number of amides is 3. The fourth-order valence-corrected chi connectivity index (χ4v) is 4.96. The largest absolute Gasteiger partial charge is 0.344 e. The van der Waals surface area contributed by atoms with E-state index in [0.29, 0.717) is 43.6 Å². The van der Waals surface area contributed by atoms with Crippen molar-refractivity contribution in [2.24, 2.45) is 0 Å². The topological polar surface area (TPSA) is 139 Å². The average Bonchev–Trinajstić information content (AvgIpc) is 3.32. The minimum absolute atomic E-state index is 0.0853. The highest BCUT2D eigenvalue weighted by atomic mass is 16.2. The van der Waals surface area contributed by atoms with E-state index in [1.807, 2.05) is 50.2 Å². The van der Waals surface area contributed by atoms with Gasteiger partial charge in [0.1, 0.15) is 18.6 Å². The third-order valence-electron chi connectivity index (χ3n) is 7.39. The van der Waals surface area contributed by atoms with Crippen LogP contribution in [-0.2, 0) is 27.3 Å². The van der Waals surface area contributed by atoms with E-state index in [-0.39, 0.29) is 24.1 Å². The molecule has 1 aromatic heterocycles. The van der Waals surface area contributed by atoms with E-state index in [1.165, 1.54) is 9.58 Å². The zero-order chi connectivity index (χ0) is 29.4. The Morgan fingerprint density at radius 1 is 1.07 bits per heavy atom. The van der Waals surface area contributed by atoms with Gasteiger partial charge in [-0.3, -0.25) is 19.2 Å². The summed E-state index contributed by atoms with van der Waals surface area (Å²) in [6.07, 6.45) is 2.79. The summed E-state index contributed by atoms with van der Waals surface area (Å²) < 4.78 is 1.45. The molecule has 1 aliphatic rings. The molecular weight excluding hydrogens is 522 g/mol. The van der Waals surface area contributed by atoms with E-state index in [9.17, 15) is 19.2 Å². The Bertz CT molecular complexity index is 1370. The smallest absolute Gasteiger partial charge is 0.251 e. The molecule has 3 unspecified atom stereocenters. The van der Waals surface area contributed by atoms with Crippen LogP contribution < -0.4 is 10.6 Å². The first kappa shape index (κ1) is 29.6. The predicted octanol–water partition coefficient (Wildman–Crippen LogP) is 2.24. The van der Waals surface area contributed by atoms with Gasteiger partial charge in [-0.25, -0.2) is 4.68 Å². The molecule has 1 saturated heterocycles. The number of carbonyl (C=O) groups excluding carboxylic acids is 4. The Morgan fingerprint density at radius 2 is 1.85 bits per heavy atom. The molecule has 41 heavy (non-hydrogen) atoms. The second kappa shape index (κ2) is 13.8. The lowest BCUT2D eigenvalue weighted by Gasteiger charge is -2.30. The number of aromatic nitrogens is 4. The lowest BCUT2D eigenvalue weighted by molar-refractivity contribution is -0.141. The predicted molar refractivity (Wildman–Crippen MR) is 152 cm³/mol. The standard InChI is InChI=1S/C30H37N7O4/c1-4-24(26(38)19-37-27(33-34-35-37)18-22-12-6-5-7-13-22)31-28(39)21(3)36-16-9-8-15-25(30(36)41)32-29(40)23-14-10-11-20(2)17-23/h5-7,10-14,17,21,24-25H,4,8-9,15-16,18-19H2,1-3H3,(H,31,39)(H,32,40). The molecule has 3 atom stereocenters. The van der Waals surface area contributed by atoms with Crippen molar-refractivity contribution < 1.29 is 19.2 Å². The van der Waals surface area contributed by atoms with Gasteiger partial charge in [-0.15, -0.1) is 5.10 Å². The molecular formula is C30H37N7O4. The number of hydrogen-bond acceptors (Lipinski definition) is 7. The Hall–Kier alpha value is -4.41. The molecule has 3 aromatic rings. The van der Waals surface area contributed by atoms with Gasteiger partial charge in [0.15, 0.2) is 11.6 Å². The van der Waals surface area contributed by atoms with Crippen LogP contribution in [0.1, 0.15) is 66.8 Å². The van der Waals surface area contributed by atoms with Gasteiger partial charge in [-0.1, -0.05) is 55.0 Å². The third kappa shape index (κ3) is 7.62. The molecule has 2 N–H and O–H groups in total. The number of benzene rings is 2. The number of ketones is 1. The first-order chi connectivity index (χ1) is 19.8. The average molecular weight is 560 g/mol. The van der Waals surface area contributed by atoms with E-state index in [0.717, 1.165) is 17.5 Å². The number of nitrogens with one attached hydrogen (secondary N) is 2. The van der Waals surface area contributed by atoms with Crippen molar-refractivity contribution in [3.63, 3.8) is 0 Å². The van der Waals surface area contributed by atoms with Crippen molar-refractivity contribution in [3.8, 4) is 0 Å². The van der Waals surface area contributed by atoms with Crippen LogP contribution in [0.5, 0.6) is 0 Å². The van der Waals surface area contributed by atoms with E-state index >= 15 is 0 Å². The number of aryl methyl sites for hydroxylation is 1. The number of Topliss-reactive ketones (excluding diaryl/α,β-unsaturated/α-hetero) is 1. The molecule has 0 spiro atoms. The van der Waals surface area contributed by atoms with Crippen molar-refractivity contribution in [2.45, 2.75) is 77.5 Å². The van der Waals surface area contributed by atoms with Gasteiger partial charge in [0, 0.05) is 18.5 Å². The third-order valence-corrected chi connectivity index (χ3v) is 7.39. The molecule has 1 aliphatic heterocycles. The maximum absolute atomic E-state index is 13.5. The molecule has 4 rings (SSSR count). The Labute approximate surface area is 239 Å². The molecule has 0 aliphatic carbocycles. The van der Waals surface area contributed by atoms with Crippen LogP contribution in [-0.4, -0.2) is 73.3 Å². The number of hydrogen-bond donors (Lipinski definition) is 2. The minimum atomic E-state index is -0.817. The SMILES string of the molecule is CCC(NC(=O)C(C)N1CCCCC(NC(=O)c2cccc(C)c2)C1=O)C(=O)Cn1nnnc1Cc1ccccc1. The summed E-state index contributed by atoms with van der Waals surface area (Å²) in [7, 11) is 0. The molecule has 11 heteroatoms. The molecule has 1 fully saturated rings. The summed E-state index contributed by atoms with van der Waals surface area (Å²) in [5, 5.41) is 17.4. The normalized spacial score (nSPS) is 16.9. The van der Waals surface area contributed by atoms with E-state index in [4.69, 9.17) is 0 Å². The molecule has 2 aromatic carbocycles. The van der Waals surface area contributed by atoms with Gasteiger partial charge >= 0.3 is 0 Å². The summed E-state index contributed by atoms with van der Waals surface area (Å²) in [5.41, 5.74) is 2.45. The first-order valence-corrected chi connectivity index (χ1v) is 14.1. The molecule has 11 nitrogen and oxygen atoms in total. The van der Waals surface area contributed by atoms with Crippen molar-refractivity contribution >= 4 is 23.5 Å². The second-order valence-corrected chi connectivity index (χ2v) is 10.4. The van der Waals surface area contributed by atoms with E-state index in [2.05, 4.69) is 26.2 Å². The molecule has 2 heterocycles. The molecule has 0 radical (unpaired) electrons. The van der Waals surface area contributed by atoms with E-state index in [1.54, 1.807) is 25.1 Å². The first-order valence-electron chi connectivity index (χ1n) is 14.1. The van der Waals surface area contributed by atoms with Crippen LogP contribution >= 0.6 is 0 Å². The van der Waals surface area contributed by atoms with Crippen molar-refractivity contribution in [3.05, 3.63) is 77.1 Å². The van der Waals surface area contributed by atoms with Crippen LogP contribution in [0.25, 0.3) is 0 Å². The lowest BCUT2D eigenvalue weighted by Crippen LogP contribution is -2.56. The number of nitrogens with zero attached hydrogens (tertiary/aromatic N) is 5. The summed E-state index contributed by atoms with van der Waals surface area (Å²) >= 11 is 0. The van der Waals surface area contributed by atoms with Crippen LogP contribution in [0.3, 0.4) is 0 Å². The van der Waals surface area contributed by atoms with Gasteiger partial charge in [-0.2, -0.15) is 0 Å². The molecule has 0 bridgehead atoms. The van der Waals surface area contributed by atoms with Crippen LogP contribution in [0.15, 0.2) is 54.6 Å². The van der Waals surface area contributed by atoms with Gasteiger partial charge < -0.3 is 15.5 Å². The summed E-state index contributed by atoms with van der Waals surface area (Å²) in [4.78, 5) is 54.2. The highest BCUT2D eigenvalue weighted by Crippen LogP contribution is 2.17. The Morgan fingerprint density at radius 3 is 2.59 bits per heavy atom. The van der Waals surface area contributed by atoms with Gasteiger partial charge in [-0.05, 0) is 67.7 Å².